The average Bonchev–Trinajstić information content (AvgIpc) is 2.82. The fourth-order valence-electron chi connectivity index (χ4n) is 3.52. The largest absolute Gasteiger partial charge is 0.457 e. The van der Waals surface area contributed by atoms with Crippen LogP contribution in [0.2, 0.25) is 0 Å². The van der Waals surface area contributed by atoms with E-state index in [2.05, 4.69) is 36.4 Å². The summed E-state index contributed by atoms with van der Waals surface area (Å²) in [4.78, 5) is 0. The zero-order valence-electron chi connectivity index (χ0n) is 17.0. The molecule has 0 heterocycles. The van der Waals surface area contributed by atoms with Gasteiger partial charge in [0.05, 0.1) is 23.3 Å². The zero-order valence-corrected chi connectivity index (χ0v) is 17.0. The molecule has 0 unspecified atom stereocenters. The van der Waals surface area contributed by atoms with Crippen molar-refractivity contribution in [1.82, 2.24) is 0 Å². The molecule has 0 spiro atoms. The van der Waals surface area contributed by atoms with Crippen LogP contribution in [0, 0.1) is 22.7 Å². The summed E-state index contributed by atoms with van der Waals surface area (Å²) in [6.45, 7) is 0. The minimum absolute atomic E-state index is 0.600. The Labute approximate surface area is 182 Å². The monoisotopic (exact) mass is 400 g/mol. The first-order valence-corrected chi connectivity index (χ1v) is 10.1. The van der Waals surface area contributed by atoms with E-state index in [0.29, 0.717) is 35.5 Å². The summed E-state index contributed by atoms with van der Waals surface area (Å²) in [6.07, 6.45) is 1.33. The molecular formula is C28H20N2O. The van der Waals surface area contributed by atoms with Crippen LogP contribution in [0.25, 0.3) is 0 Å². The van der Waals surface area contributed by atoms with E-state index >= 15 is 0 Å². The maximum Gasteiger partial charge on any atom is 0.131 e. The Kier molecular flexibility index (Phi) is 6.08. The van der Waals surface area contributed by atoms with E-state index in [1.807, 2.05) is 60.7 Å². The van der Waals surface area contributed by atoms with Gasteiger partial charge in [-0.3, -0.25) is 0 Å². The van der Waals surface area contributed by atoms with Crippen LogP contribution < -0.4 is 4.74 Å². The number of nitriles is 2. The van der Waals surface area contributed by atoms with E-state index < -0.39 is 0 Å². The minimum Gasteiger partial charge on any atom is -0.457 e. The van der Waals surface area contributed by atoms with E-state index in [-0.39, 0.29) is 0 Å². The van der Waals surface area contributed by atoms with Crippen LogP contribution >= 0.6 is 0 Å². The van der Waals surface area contributed by atoms with Crippen molar-refractivity contribution in [2.24, 2.45) is 0 Å². The SMILES string of the molecule is N#Cc1ccc(Oc2ccc(C#N)cc2Cc2ccccc2)c(Cc2ccccc2)c1. The molecule has 0 aliphatic rings. The summed E-state index contributed by atoms with van der Waals surface area (Å²) >= 11 is 0. The molecule has 0 aliphatic carbocycles. The Morgan fingerprint density at radius 2 is 0.968 bits per heavy atom. The van der Waals surface area contributed by atoms with Crippen LogP contribution in [0.15, 0.2) is 97.1 Å². The topological polar surface area (TPSA) is 56.8 Å². The molecule has 31 heavy (non-hydrogen) atoms. The molecule has 4 aromatic carbocycles. The maximum absolute atomic E-state index is 9.35. The second-order valence-corrected chi connectivity index (χ2v) is 7.30. The molecule has 0 amide bonds. The van der Waals surface area contributed by atoms with Gasteiger partial charge < -0.3 is 4.74 Å². The third-order valence-corrected chi connectivity index (χ3v) is 5.07. The van der Waals surface area contributed by atoms with Crippen molar-refractivity contribution >= 4 is 0 Å². The Balaban J connectivity index is 1.70. The first-order valence-electron chi connectivity index (χ1n) is 10.1. The fourth-order valence-corrected chi connectivity index (χ4v) is 3.52. The summed E-state index contributed by atoms with van der Waals surface area (Å²) in [5.41, 5.74) is 5.38. The van der Waals surface area contributed by atoms with Gasteiger partial charge in [-0.1, -0.05) is 60.7 Å². The molecular weight excluding hydrogens is 380 g/mol. The quantitative estimate of drug-likeness (QED) is 0.376. The van der Waals surface area contributed by atoms with Crippen LogP contribution in [0.5, 0.6) is 11.5 Å². The molecule has 0 bridgehead atoms. The lowest BCUT2D eigenvalue weighted by Crippen LogP contribution is -1.98. The Hall–Kier alpha value is -4.34. The highest BCUT2D eigenvalue weighted by atomic mass is 16.5. The molecule has 0 N–H and O–H groups in total. The van der Waals surface area contributed by atoms with Crippen LogP contribution in [0.1, 0.15) is 33.4 Å². The third-order valence-electron chi connectivity index (χ3n) is 5.07. The number of benzene rings is 4. The molecule has 3 heteroatoms. The first-order chi connectivity index (χ1) is 15.2. The molecule has 4 aromatic rings. The number of hydrogen-bond acceptors (Lipinski definition) is 3. The van der Waals surface area contributed by atoms with Crippen molar-refractivity contribution in [3.05, 3.63) is 130 Å². The van der Waals surface area contributed by atoms with Gasteiger partial charge in [-0.2, -0.15) is 10.5 Å². The van der Waals surface area contributed by atoms with Gasteiger partial charge in [0.25, 0.3) is 0 Å². The van der Waals surface area contributed by atoms with Crippen LogP contribution in [0.3, 0.4) is 0 Å². The van der Waals surface area contributed by atoms with Crippen LogP contribution in [0.4, 0.5) is 0 Å². The molecule has 0 saturated carbocycles. The van der Waals surface area contributed by atoms with Gasteiger partial charge in [-0.05, 0) is 47.5 Å². The Bertz CT molecular complexity index is 1170. The maximum atomic E-state index is 9.35. The van der Waals surface area contributed by atoms with Gasteiger partial charge in [0.1, 0.15) is 11.5 Å². The fraction of sp³-hybridized carbons (Fsp3) is 0.0714. The molecule has 3 nitrogen and oxygen atoms in total. The van der Waals surface area contributed by atoms with Gasteiger partial charge in [0.15, 0.2) is 0 Å². The Morgan fingerprint density at radius 1 is 0.548 bits per heavy atom. The highest BCUT2D eigenvalue weighted by Crippen LogP contribution is 2.32. The predicted octanol–water partition coefficient (Wildman–Crippen LogP) is 6.40. The van der Waals surface area contributed by atoms with Crippen LogP contribution in [-0.2, 0) is 12.8 Å². The lowest BCUT2D eigenvalue weighted by molar-refractivity contribution is 0.472. The van der Waals surface area contributed by atoms with E-state index in [0.717, 1.165) is 22.3 Å². The van der Waals surface area contributed by atoms with Gasteiger partial charge in [0.2, 0.25) is 0 Å². The normalized spacial score (nSPS) is 10.1. The second kappa shape index (κ2) is 9.44. The summed E-state index contributed by atoms with van der Waals surface area (Å²) in [6, 6.07) is 35.6. The molecule has 0 radical (unpaired) electrons. The van der Waals surface area contributed by atoms with Crippen molar-refractivity contribution in [3.63, 3.8) is 0 Å². The number of ether oxygens (including phenoxy) is 1. The molecule has 0 fully saturated rings. The standard InChI is InChI=1S/C28H20N2O/c29-19-23-11-13-27(25(17-23)15-21-7-3-1-4-8-21)31-28-14-12-24(20-30)18-26(28)16-22-9-5-2-6-10-22/h1-14,17-18H,15-16H2. The number of rotatable bonds is 6. The molecule has 0 aromatic heterocycles. The smallest absolute Gasteiger partial charge is 0.131 e. The lowest BCUT2D eigenvalue weighted by Gasteiger charge is -2.15. The summed E-state index contributed by atoms with van der Waals surface area (Å²) in [5, 5.41) is 18.7. The molecule has 148 valence electrons. The van der Waals surface area contributed by atoms with E-state index in [4.69, 9.17) is 4.74 Å². The van der Waals surface area contributed by atoms with E-state index in [9.17, 15) is 10.5 Å². The van der Waals surface area contributed by atoms with Gasteiger partial charge in [0, 0.05) is 24.0 Å². The van der Waals surface area contributed by atoms with Gasteiger partial charge >= 0.3 is 0 Å². The minimum atomic E-state index is 0.600. The van der Waals surface area contributed by atoms with Crippen molar-refractivity contribution in [1.29, 1.82) is 10.5 Å². The molecule has 0 saturated heterocycles. The average molecular weight is 400 g/mol. The van der Waals surface area contributed by atoms with Gasteiger partial charge in [-0.15, -0.1) is 0 Å². The lowest BCUT2D eigenvalue weighted by atomic mass is 10.0. The summed E-state index contributed by atoms with van der Waals surface area (Å²) < 4.78 is 6.37. The van der Waals surface area contributed by atoms with Crippen molar-refractivity contribution in [2.45, 2.75) is 12.8 Å². The molecule has 0 aliphatic heterocycles. The van der Waals surface area contributed by atoms with Crippen LogP contribution in [-0.4, -0.2) is 0 Å². The van der Waals surface area contributed by atoms with Gasteiger partial charge in [-0.25, -0.2) is 0 Å². The highest BCUT2D eigenvalue weighted by molar-refractivity contribution is 5.50. The number of nitrogens with zero attached hydrogens (tertiary/aromatic N) is 2. The summed E-state index contributed by atoms with van der Waals surface area (Å²) in [5.74, 6) is 1.42. The van der Waals surface area contributed by atoms with Crippen molar-refractivity contribution in [2.75, 3.05) is 0 Å². The van der Waals surface area contributed by atoms with E-state index in [1.54, 1.807) is 12.1 Å². The Morgan fingerprint density at radius 3 is 1.35 bits per heavy atom. The second-order valence-electron chi connectivity index (χ2n) is 7.30. The third kappa shape index (κ3) is 4.99. The van der Waals surface area contributed by atoms with E-state index in [1.165, 1.54) is 0 Å². The van der Waals surface area contributed by atoms with Crippen molar-refractivity contribution in [3.8, 4) is 23.6 Å². The molecule has 4 rings (SSSR count). The predicted molar refractivity (Wildman–Crippen MR) is 121 cm³/mol. The highest BCUT2D eigenvalue weighted by Gasteiger charge is 2.12. The number of hydrogen-bond donors (Lipinski definition) is 0. The molecule has 0 atom stereocenters. The zero-order chi connectivity index (χ0) is 21.5. The first kappa shape index (κ1) is 20.0. The van der Waals surface area contributed by atoms with Crippen molar-refractivity contribution < 1.29 is 4.74 Å². The summed E-state index contributed by atoms with van der Waals surface area (Å²) in [7, 11) is 0.